The monoisotopic (exact) mass is 249 g/mol. The molecular weight excluding hydrogens is 229 g/mol. The van der Waals surface area contributed by atoms with Crippen molar-refractivity contribution in [2.45, 2.75) is 45.1 Å². The Balaban J connectivity index is 1.88. The van der Waals surface area contributed by atoms with Crippen molar-refractivity contribution in [3.63, 3.8) is 0 Å². The second-order valence-electron chi connectivity index (χ2n) is 5.17. The third-order valence-corrected chi connectivity index (χ3v) is 3.70. The molecule has 0 radical (unpaired) electrons. The van der Waals surface area contributed by atoms with Crippen LogP contribution in [-0.4, -0.2) is 5.91 Å². The average molecular weight is 249 g/mol. The standard InChI is InChI=1S/C15H20FNO/c1-11(13-8-4-5-9-14(13)16)17-15(18)10-12-6-2-3-7-12/h4-5,8-9,11-12H,2-3,6-7,10H2,1H3,(H,17,18). The molecule has 1 aromatic rings. The summed E-state index contributed by atoms with van der Waals surface area (Å²) in [6, 6.07) is 6.33. The number of halogens is 1. The molecule has 1 aliphatic rings. The zero-order valence-electron chi connectivity index (χ0n) is 10.8. The number of amides is 1. The van der Waals surface area contributed by atoms with E-state index >= 15 is 0 Å². The van der Waals surface area contributed by atoms with Gasteiger partial charge in [-0.15, -0.1) is 0 Å². The minimum atomic E-state index is -0.264. The molecule has 1 aromatic carbocycles. The lowest BCUT2D eigenvalue weighted by Crippen LogP contribution is -2.28. The van der Waals surface area contributed by atoms with E-state index in [1.54, 1.807) is 18.2 Å². The van der Waals surface area contributed by atoms with Gasteiger partial charge in [0, 0.05) is 12.0 Å². The van der Waals surface area contributed by atoms with Crippen LogP contribution in [0.25, 0.3) is 0 Å². The molecule has 0 aromatic heterocycles. The Hall–Kier alpha value is -1.38. The van der Waals surface area contributed by atoms with Crippen LogP contribution >= 0.6 is 0 Å². The zero-order chi connectivity index (χ0) is 13.0. The Labute approximate surface area is 108 Å². The van der Waals surface area contributed by atoms with Crippen LogP contribution in [0.4, 0.5) is 4.39 Å². The number of carbonyl (C=O) groups is 1. The quantitative estimate of drug-likeness (QED) is 0.868. The van der Waals surface area contributed by atoms with Crippen molar-refractivity contribution >= 4 is 5.91 Å². The molecule has 0 spiro atoms. The predicted molar refractivity (Wildman–Crippen MR) is 69.5 cm³/mol. The second-order valence-corrected chi connectivity index (χ2v) is 5.17. The van der Waals surface area contributed by atoms with Gasteiger partial charge < -0.3 is 5.32 Å². The molecule has 1 unspecified atom stereocenters. The van der Waals surface area contributed by atoms with Gasteiger partial charge in [0.15, 0.2) is 0 Å². The molecule has 98 valence electrons. The van der Waals surface area contributed by atoms with Crippen LogP contribution in [-0.2, 0) is 4.79 Å². The van der Waals surface area contributed by atoms with E-state index in [2.05, 4.69) is 5.32 Å². The highest BCUT2D eigenvalue weighted by Gasteiger charge is 2.20. The number of benzene rings is 1. The van der Waals surface area contributed by atoms with Crippen molar-refractivity contribution in [2.75, 3.05) is 0 Å². The molecule has 18 heavy (non-hydrogen) atoms. The Morgan fingerprint density at radius 1 is 1.39 bits per heavy atom. The van der Waals surface area contributed by atoms with Gasteiger partial charge in [-0.2, -0.15) is 0 Å². The Morgan fingerprint density at radius 2 is 2.06 bits per heavy atom. The first-order chi connectivity index (χ1) is 8.66. The van der Waals surface area contributed by atoms with Gasteiger partial charge in [-0.1, -0.05) is 31.0 Å². The third kappa shape index (κ3) is 3.31. The van der Waals surface area contributed by atoms with Crippen molar-refractivity contribution in [3.05, 3.63) is 35.6 Å². The molecule has 1 N–H and O–H groups in total. The number of carbonyl (C=O) groups excluding carboxylic acids is 1. The molecule has 1 amide bonds. The topological polar surface area (TPSA) is 29.1 Å². The molecule has 3 heteroatoms. The zero-order valence-corrected chi connectivity index (χ0v) is 10.8. The summed E-state index contributed by atoms with van der Waals surface area (Å²) < 4.78 is 13.5. The molecule has 0 bridgehead atoms. The summed E-state index contributed by atoms with van der Waals surface area (Å²) in [5.74, 6) is 0.307. The van der Waals surface area contributed by atoms with Crippen molar-refractivity contribution in [1.82, 2.24) is 5.32 Å². The maximum atomic E-state index is 13.5. The Bertz CT molecular complexity index is 413. The van der Waals surface area contributed by atoms with Crippen LogP contribution in [0.3, 0.4) is 0 Å². The summed E-state index contributed by atoms with van der Waals surface area (Å²) in [7, 11) is 0. The summed E-state index contributed by atoms with van der Waals surface area (Å²) in [5.41, 5.74) is 0.553. The van der Waals surface area contributed by atoms with Crippen molar-refractivity contribution in [3.8, 4) is 0 Å². The van der Waals surface area contributed by atoms with Crippen LogP contribution in [0.1, 0.15) is 50.6 Å². The molecule has 2 rings (SSSR count). The Kier molecular flexibility index (Phi) is 4.34. The van der Waals surface area contributed by atoms with Crippen LogP contribution in [0.5, 0.6) is 0 Å². The normalized spacial score (nSPS) is 17.7. The first kappa shape index (κ1) is 13.1. The lowest BCUT2D eigenvalue weighted by molar-refractivity contribution is -0.122. The van der Waals surface area contributed by atoms with E-state index in [1.165, 1.54) is 18.9 Å². The van der Waals surface area contributed by atoms with E-state index in [-0.39, 0.29) is 17.8 Å². The fraction of sp³-hybridized carbons (Fsp3) is 0.533. The minimum Gasteiger partial charge on any atom is -0.349 e. The summed E-state index contributed by atoms with van der Waals surface area (Å²) in [4.78, 5) is 11.9. The van der Waals surface area contributed by atoms with Crippen LogP contribution in [0.2, 0.25) is 0 Å². The summed E-state index contributed by atoms with van der Waals surface area (Å²) >= 11 is 0. The molecule has 0 heterocycles. The number of rotatable bonds is 4. The summed E-state index contributed by atoms with van der Waals surface area (Å²) in [6.45, 7) is 1.82. The van der Waals surface area contributed by atoms with Crippen LogP contribution < -0.4 is 5.32 Å². The van der Waals surface area contributed by atoms with Crippen LogP contribution in [0, 0.1) is 11.7 Å². The molecule has 0 aliphatic heterocycles. The van der Waals surface area contributed by atoms with Gasteiger partial charge in [0.25, 0.3) is 0 Å². The minimum absolute atomic E-state index is 0.0395. The maximum Gasteiger partial charge on any atom is 0.220 e. The first-order valence-corrected chi connectivity index (χ1v) is 6.70. The highest BCUT2D eigenvalue weighted by atomic mass is 19.1. The van der Waals surface area contributed by atoms with Crippen molar-refractivity contribution < 1.29 is 9.18 Å². The van der Waals surface area contributed by atoms with Gasteiger partial charge in [-0.05, 0) is 31.7 Å². The molecule has 1 aliphatic carbocycles. The van der Waals surface area contributed by atoms with E-state index in [0.717, 1.165) is 12.8 Å². The third-order valence-electron chi connectivity index (χ3n) is 3.70. The SMILES string of the molecule is CC(NC(=O)CC1CCCC1)c1ccccc1F. The number of nitrogens with one attached hydrogen (secondary N) is 1. The van der Waals surface area contributed by atoms with E-state index in [0.29, 0.717) is 17.9 Å². The molecule has 1 fully saturated rings. The maximum absolute atomic E-state index is 13.5. The fourth-order valence-corrected chi connectivity index (χ4v) is 2.68. The van der Waals surface area contributed by atoms with Gasteiger partial charge in [-0.25, -0.2) is 4.39 Å². The summed E-state index contributed by atoms with van der Waals surface area (Å²) in [5, 5.41) is 2.88. The molecular formula is C15H20FNO. The average Bonchev–Trinajstić information content (AvgIpc) is 2.82. The van der Waals surface area contributed by atoms with Gasteiger partial charge in [0.1, 0.15) is 5.82 Å². The Morgan fingerprint density at radius 3 is 2.72 bits per heavy atom. The molecule has 1 saturated carbocycles. The van der Waals surface area contributed by atoms with Crippen molar-refractivity contribution in [1.29, 1.82) is 0 Å². The number of hydrogen-bond donors (Lipinski definition) is 1. The van der Waals surface area contributed by atoms with Gasteiger partial charge in [-0.3, -0.25) is 4.79 Å². The smallest absolute Gasteiger partial charge is 0.220 e. The lowest BCUT2D eigenvalue weighted by Gasteiger charge is -2.16. The van der Waals surface area contributed by atoms with Crippen LogP contribution in [0.15, 0.2) is 24.3 Å². The lowest BCUT2D eigenvalue weighted by atomic mass is 10.0. The summed E-state index contributed by atoms with van der Waals surface area (Å²) in [6.07, 6.45) is 5.36. The van der Waals surface area contributed by atoms with E-state index in [9.17, 15) is 9.18 Å². The van der Waals surface area contributed by atoms with E-state index in [1.807, 2.05) is 6.92 Å². The molecule has 0 saturated heterocycles. The number of hydrogen-bond acceptors (Lipinski definition) is 1. The first-order valence-electron chi connectivity index (χ1n) is 6.70. The highest BCUT2D eigenvalue weighted by molar-refractivity contribution is 5.76. The van der Waals surface area contributed by atoms with E-state index < -0.39 is 0 Å². The largest absolute Gasteiger partial charge is 0.349 e. The van der Waals surface area contributed by atoms with E-state index in [4.69, 9.17) is 0 Å². The van der Waals surface area contributed by atoms with Gasteiger partial charge in [0.2, 0.25) is 5.91 Å². The van der Waals surface area contributed by atoms with Gasteiger partial charge in [0.05, 0.1) is 6.04 Å². The fourth-order valence-electron chi connectivity index (χ4n) is 2.68. The second kappa shape index (κ2) is 5.98. The molecule has 2 nitrogen and oxygen atoms in total. The van der Waals surface area contributed by atoms with Crippen molar-refractivity contribution in [2.24, 2.45) is 5.92 Å². The predicted octanol–water partition coefficient (Wildman–Crippen LogP) is 3.58. The highest BCUT2D eigenvalue weighted by Crippen LogP contribution is 2.27. The molecule has 1 atom stereocenters. The van der Waals surface area contributed by atoms with Gasteiger partial charge >= 0.3 is 0 Å².